The minimum Gasteiger partial charge on any atom is -0.352 e. The number of halogens is 1. The fraction of sp³-hybridized carbons (Fsp3) is 0.276. The molecule has 5 nitrogen and oxygen atoms in total. The Balaban J connectivity index is 1.62. The van der Waals surface area contributed by atoms with E-state index in [1.165, 1.54) is 19.3 Å². The molecule has 0 saturated heterocycles. The molecule has 0 unspecified atom stereocenters. The van der Waals surface area contributed by atoms with Crippen LogP contribution in [0.1, 0.15) is 44.9 Å². The summed E-state index contributed by atoms with van der Waals surface area (Å²) < 4.78 is 3.41. The lowest BCUT2D eigenvalue weighted by Crippen LogP contribution is -2.40. The van der Waals surface area contributed by atoms with Gasteiger partial charge in [-0.1, -0.05) is 47.3 Å². The SMILES string of the molecule is Brc1ccc(-n2c3cc(=NC4CCCCC4)c(Nc4cccnc4)cc-3nc3c2=CCCC=3)cc1. The Labute approximate surface area is 213 Å². The molecule has 1 fully saturated rings. The molecule has 176 valence electrons. The maximum Gasteiger partial charge on any atom is 0.0900 e. The van der Waals surface area contributed by atoms with Gasteiger partial charge in [-0.2, -0.15) is 0 Å². The predicted octanol–water partition coefficient (Wildman–Crippen LogP) is 5.47. The van der Waals surface area contributed by atoms with E-state index in [9.17, 15) is 0 Å². The fourth-order valence-corrected chi connectivity index (χ4v) is 5.39. The van der Waals surface area contributed by atoms with Crippen molar-refractivity contribution in [2.45, 2.75) is 51.0 Å². The zero-order valence-electron chi connectivity index (χ0n) is 19.6. The van der Waals surface area contributed by atoms with Crippen molar-refractivity contribution in [3.63, 3.8) is 0 Å². The van der Waals surface area contributed by atoms with Crippen LogP contribution in [0.4, 0.5) is 11.4 Å². The maximum absolute atomic E-state index is 5.28. The van der Waals surface area contributed by atoms with E-state index < -0.39 is 0 Å². The standard InChI is InChI=1S/C29H28BrN5/c30-20-12-14-23(15-13-20)35-28-11-5-4-10-24(28)34-27-17-25(33-22-9-6-16-31-19-22)26(18-29(27)35)32-21-7-2-1-3-8-21/h6,9-19,21,33H,1-5,7-8H2. The molecule has 1 aliphatic heterocycles. The van der Waals surface area contributed by atoms with Gasteiger partial charge in [0.25, 0.3) is 0 Å². The third kappa shape index (κ3) is 4.67. The monoisotopic (exact) mass is 525 g/mol. The molecule has 0 radical (unpaired) electrons. The van der Waals surface area contributed by atoms with E-state index in [1.54, 1.807) is 6.20 Å². The van der Waals surface area contributed by atoms with Crippen LogP contribution in [0.5, 0.6) is 0 Å². The van der Waals surface area contributed by atoms with E-state index in [1.807, 2.05) is 18.3 Å². The molecule has 3 aliphatic carbocycles. The van der Waals surface area contributed by atoms with Crippen molar-refractivity contribution in [2.75, 3.05) is 5.32 Å². The molecule has 0 spiro atoms. The molecule has 1 N–H and O–H groups in total. The zero-order valence-corrected chi connectivity index (χ0v) is 21.2. The molecular formula is C29H28BrN5. The van der Waals surface area contributed by atoms with E-state index >= 15 is 0 Å². The first-order valence-corrected chi connectivity index (χ1v) is 13.3. The highest BCUT2D eigenvalue weighted by atomic mass is 79.9. The van der Waals surface area contributed by atoms with Crippen LogP contribution in [0.2, 0.25) is 0 Å². The van der Waals surface area contributed by atoms with E-state index in [0.29, 0.717) is 6.04 Å². The van der Waals surface area contributed by atoms with Gasteiger partial charge in [0.05, 0.1) is 51.1 Å². The smallest absolute Gasteiger partial charge is 0.0900 e. The fourth-order valence-electron chi connectivity index (χ4n) is 5.13. The number of nitrogens with one attached hydrogen (secondary N) is 1. The quantitative estimate of drug-likeness (QED) is 0.384. The van der Waals surface area contributed by atoms with Crippen LogP contribution in [-0.2, 0) is 0 Å². The third-order valence-corrected chi connectivity index (χ3v) is 7.37. The molecule has 0 bridgehead atoms. The third-order valence-electron chi connectivity index (χ3n) is 6.84. The molecule has 6 rings (SSSR count). The predicted molar refractivity (Wildman–Crippen MR) is 145 cm³/mol. The molecule has 1 saturated carbocycles. The van der Waals surface area contributed by atoms with Crippen molar-refractivity contribution >= 4 is 39.5 Å². The number of benzene rings is 2. The highest BCUT2D eigenvalue weighted by Crippen LogP contribution is 2.25. The Morgan fingerprint density at radius 1 is 0.971 bits per heavy atom. The Bertz CT molecular complexity index is 1500. The van der Waals surface area contributed by atoms with Crippen LogP contribution < -0.4 is 21.4 Å². The topological polar surface area (TPSA) is 55.1 Å². The summed E-state index contributed by atoms with van der Waals surface area (Å²) in [6.07, 6.45) is 16.4. The van der Waals surface area contributed by atoms with Crippen molar-refractivity contribution in [2.24, 2.45) is 4.99 Å². The number of hydrogen-bond donors (Lipinski definition) is 1. The van der Waals surface area contributed by atoms with Gasteiger partial charge >= 0.3 is 0 Å². The van der Waals surface area contributed by atoms with Crippen LogP contribution in [-0.4, -0.2) is 20.6 Å². The van der Waals surface area contributed by atoms with Crippen LogP contribution in [0.15, 0.2) is 70.4 Å². The summed E-state index contributed by atoms with van der Waals surface area (Å²) in [5, 5.41) is 6.75. The molecule has 0 amide bonds. The van der Waals surface area contributed by atoms with Gasteiger partial charge in [0.15, 0.2) is 0 Å². The first-order chi connectivity index (χ1) is 17.2. The van der Waals surface area contributed by atoms with Crippen molar-refractivity contribution in [1.29, 1.82) is 0 Å². The van der Waals surface area contributed by atoms with Gasteiger partial charge in [-0.05, 0) is 74.2 Å². The number of nitrogens with zero attached hydrogens (tertiary/aromatic N) is 4. The van der Waals surface area contributed by atoms with Crippen LogP contribution in [0.25, 0.3) is 29.2 Å². The second-order valence-electron chi connectivity index (χ2n) is 9.33. The van der Waals surface area contributed by atoms with Crippen LogP contribution in [0.3, 0.4) is 0 Å². The van der Waals surface area contributed by atoms with Gasteiger partial charge in [0, 0.05) is 16.4 Å². The normalized spacial score (nSPS) is 16.4. The molecular weight excluding hydrogens is 498 g/mol. The molecule has 2 heterocycles. The van der Waals surface area contributed by atoms with E-state index in [0.717, 1.165) is 74.7 Å². The van der Waals surface area contributed by atoms with Crippen LogP contribution >= 0.6 is 15.9 Å². The number of fused-ring (bicyclic) bond motifs is 2. The van der Waals surface area contributed by atoms with Crippen LogP contribution in [0, 0.1) is 0 Å². The Hall–Kier alpha value is -3.25. The van der Waals surface area contributed by atoms with Crippen molar-refractivity contribution in [3.8, 4) is 17.1 Å². The van der Waals surface area contributed by atoms with Crippen molar-refractivity contribution < 1.29 is 0 Å². The molecule has 4 aliphatic rings. The van der Waals surface area contributed by atoms with E-state index in [2.05, 4.69) is 79.3 Å². The van der Waals surface area contributed by atoms with Gasteiger partial charge in [0.1, 0.15) is 0 Å². The number of aromatic nitrogens is 3. The van der Waals surface area contributed by atoms with Gasteiger partial charge in [-0.3, -0.25) is 9.98 Å². The van der Waals surface area contributed by atoms with E-state index in [-0.39, 0.29) is 0 Å². The Kier molecular flexibility index (Phi) is 6.21. The average molecular weight is 526 g/mol. The summed E-state index contributed by atoms with van der Waals surface area (Å²) in [6.45, 7) is 0. The van der Waals surface area contributed by atoms with Gasteiger partial charge in [-0.15, -0.1) is 0 Å². The number of rotatable bonds is 4. The molecule has 1 aromatic carbocycles. The maximum atomic E-state index is 5.28. The second kappa shape index (κ2) is 9.78. The lowest BCUT2D eigenvalue weighted by Gasteiger charge is -2.21. The Morgan fingerprint density at radius 2 is 1.80 bits per heavy atom. The number of anilines is 2. The summed E-state index contributed by atoms with van der Waals surface area (Å²) in [4.78, 5) is 14.7. The molecule has 35 heavy (non-hydrogen) atoms. The molecule has 6 heteroatoms. The average Bonchev–Trinajstić information content (AvgIpc) is 2.90. The first-order valence-electron chi connectivity index (χ1n) is 12.5. The second-order valence-corrected chi connectivity index (χ2v) is 10.2. The minimum atomic E-state index is 0.363. The van der Waals surface area contributed by atoms with Gasteiger partial charge in [0.2, 0.25) is 0 Å². The number of pyridine rings is 1. The van der Waals surface area contributed by atoms with Gasteiger partial charge < -0.3 is 9.88 Å². The summed E-state index contributed by atoms with van der Waals surface area (Å²) in [5.41, 5.74) is 5.08. The van der Waals surface area contributed by atoms with Crippen molar-refractivity contribution in [1.82, 2.24) is 14.5 Å². The molecule has 0 atom stereocenters. The lowest BCUT2D eigenvalue weighted by molar-refractivity contribution is 0.437. The van der Waals surface area contributed by atoms with Gasteiger partial charge in [-0.25, -0.2) is 4.98 Å². The zero-order chi connectivity index (χ0) is 23.6. The highest BCUT2D eigenvalue weighted by Gasteiger charge is 2.18. The largest absolute Gasteiger partial charge is 0.352 e. The summed E-state index contributed by atoms with van der Waals surface area (Å²) in [7, 11) is 0. The molecule has 1 aromatic heterocycles. The lowest BCUT2D eigenvalue weighted by atomic mass is 9.96. The summed E-state index contributed by atoms with van der Waals surface area (Å²) >= 11 is 3.59. The highest BCUT2D eigenvalue weighted by molar-refractivity contribution is 9.10. The summed E-state index contributed by atoms with van der Waals surface area (Å²) in [5.74, 6) is 0. The summed E-state index contributed by atoms with van der Waals surface area (Å²) in [6, 6.07) is 17.2. The van der Waals surface area contributed by atoms with E-state index in [4.69, 9.17) is 9.98 Å². The van der Waals surface area contributed by atoms with Crippen molar-refractivity contribution in [3.05, 3.63) is 81.5 Å². The minimum absolute atomic E-state index is 0.363. The number of hydrogen-bond acceptors (Lipinski definition) is 4. The first kappa shape index (κ1) is 22.2. The Morgan fingerprint density at radius 3 is 2.60 bits per heavy atom. The molecule has 2 aromatic rings.